The summed E-state index contributed by atoms with van der Waals surface area (Å²) >= 11 is 0. The summed E-state index contributed by atoms with van der Waals surface area (Å²) in [5, 5.41) is 16.5. The van der Waals surface area contributed by atoms with Gasteiger partial charge < -0.3 is 14.4 Å². The molecule has 0 amide bonds. The van der Waals surface area contributed by atoms with Gasteiger partial charge in [-0.25, -0.2) is 9.07 Å². The molecule has 0 aliphatic heterocycles. The van der Waals surface area contributed by atoms with Crippen molar-refractivity contribution >= 4 is 21.8 Å². The number of benzene rings is 4. The highest BCUT2D eigenvalue weighted by Crippen LogP contribution is 2.42. The van der Waals surface area contributed by atoms with E-state index in [9.17, 15) is 22.7 Å². The van der Waals surface area contributed by atoms with Crippen LogP contribution in [0, 0.1) is 5.82 Å². The highest BCUT2D eigenvalue weighted by Gasteiger charge is 2.55. The van der Waals surface area contributed by atoms with Gasteiger partial charge in [0, 0.05) is 17.0 Å². The molecule has 0 aliphatic rings. The summed E-state index contributed by atoms with van der Waals surface area (Å²) in [6, 6.07) is 26.0. The molecule has 2 heterocycles. The molecule has 6 rings (SSSR count). The normalized spacial score (nSPS) is 13.5. The summed E-state index contributed by atoms with van der Waals surface area (Å²) in [5.74, 6) is 0.121. The second-order valence-corrected chi connectivity index (χ2v) is 9.57. The average molecular weight is 546 g/mol. The molecule has 9 heteroatoms. The van der Waals surface area contributed by atoms with Gasteiger partial charge in [-0.15, -0.1) is 0 Å². The van der Waals surface area contributed by atoms with Crippen molar-refractivity contribution in [3.63, 3.8) is 0 Å². The van der Waals surface area contributed by atoms with E-state index in [1.165, 1.54) is 64.1 Å². The molecule has 4 aromatic carbocycles. The van der Waals surface area contributed by atoms with Crippen LogP contribution < -0.4 is 4.74 Å². The Morgan fingerprint density at radius 3 is 2.35 bits per heavy atom. The lowest BCUT2D eigenvalue weighted by Gasteiger charge is -2.32. The summed E-state index contributed by atoms with van der Waals surface area (Å²) in [7, 11) is 0. The Balaban J connectivity index is 1.34. The molecule has 0 aliphatic carbocycles. The molecule has 202 valence electrons. The minimum atomic E-state index is -4.98. The third-order valence-electron chi connectivity index (χ3n) is 7.00. The molecule has 0 fully saturated rings. The van der Waals surface area contributed by atoms with Crippen molar-refractivity contribution in [1.29, 1.82) is 0 Å². The second kappa shape index (κ2) is 9.84. The number of alkyl halides is 3. The van der Waals surface area contributed by atoms with Gasteiger partial charge in [0.1, 0.15) is 18.2 Å². The molecule has 1 unspecified atom stereocenters. The first-order chi connectivity index (χ1) is 19.2. The molecule has 1 atom stereocenters. The number of hydrogen-bond donors (Lipinski definition) is 1. The van der Waals surface area contributed by atoms with Crippen molar-refractivity contribution < 1.29 is 27.4 Å². The maximum atomic E-state index is 14.5. The van der Waals surface area contributed by atoms with E-state index < -0.39 is 24.1 Å². The van der Waals surface area contributed by atoms with E-state index >= 15 is 0 Å². The van der Waals surface area contributed by atoms with Gasteiger partial charge in [-0.3, -0.25) is 0 Å². The zero-order valence-corrected chi connectivity index (χ0v) is 21.0. The Morgan fingerprint density at radius 1 is 0.825 bits per heavy atom. The van der Waals surface area contributed by atoms with E-state index in [1.807, 2.05) is 30.3 Å². The molecule has 0 saturated heterocycles. The minimum absolute atomic E-state index is 0.309. The van der Waals surface area contributed by atoms with Crippen LogP contribution in [-0.2, 0) is 18.8 Å². The largest absolute Gasteiger partial charge is 0.488 e. The number of ether oxygens (including phenoxy) is 1. The Labute approximate surface area is 226 Å². The van der Waals surface area contributed by atoms with Crippen LogP contribution in [0.3, 0.4) is 0 Å². The van der Waals surface area contributed by atoms with E-state index in [0.29, 0.717) is 39.8 Å². The van der Waals surface area contributed by atoms with Gasteiger partial charge in [-0.05, 0) is 65.7 Å². The number of aromatic nitrogens is 3. The number of fused-ring (bicyclic) bond motifs is 2. The van der Waals surface area contributed by atoms with Crippen LogP contribution >= 0.6 is 0 Å². The van der Waals surface area contributed by atoms with Gasteiger partial charge in [0.2, 0.25) is 5.60 Å². The van der Waals surface area contributed by atoms with Crippen LogP contribution in [0.1, 0.15) is 11.1 Å². The van der Waals surface area contributed by atoms with Gasteiger partial charge in [0.05, 0.1) is 29.5 Å². The first kappa shape index (κ1) is 25.6. The van der Waals surface area contributed by atoms with E-state index in [1.54, 1.807) is 24.3 Å². The lowest BCUT2D eigenvalue weighted by molar-refractivity contribution is -0.271. The molecule has 0 radical (unpaired) electrons. The molecule has 1 N–H and O–H groups in total. The highest BCUT2D eigenvalue weighted by molar-refractivity contribution is 5.86. The minimum Gasteiger partial charge on any atom is -0.488 e. The van der Waals surface area contributed by atoms with Crippen molar-refractivity contribution in [3.05, 3.63) is 126 Å². The van der Waals surface area contributed by atoms with Crippen LogP contribution in [-0.4, -0.2) is 25.6 Å². The van der Waals surface area contributed by atoms with Crippen molar-refractivity contribution in [3.8, 4) is 11.4 Å². The van der Waals surface area contributed by atoms with Gasteiger partial charge >= 0.3 is 6.18 Å². The van der Waals surface area contributed by atoms with Crippen molar-refractivity contribution in [2.75, 3.05) is 0 Å². The maximum absolute atomic E-state index is 14.5. The average Bonchev–Trinajstić information content (AvgIpc) is 3.56. The van der Waals surface area contributed by atoms with Crippen LogP contribution in [0.4, 0.5) is 17.6 Å². The van der Waals surface area contributed by atoms with Crippen molar-refractivity contribution in [2.45, 2.75) is 24.9 Å². The fourth-order valence-electron chi connectivity index (χ4n) is 4.86. The first-order valence-corrected chi connectivity index (χ1v) is 12.5. The van der Waals surface area contributed by atoms with Crippen LogP contribution in [0.25, 0.3) is 27.5 Å². The van der Waals surface area contributed by atoms with E-state index in [0.717, 1.165) is 5.56 Å². The SMILES string of the molecule is OC(Cn1ccc2c(OCc3ccccc3)cccc21)(c1ccc2c(cnn2-c2ccc(F)cc2)c1)C(F)(F)F. The monoisotopic (exact) mass is 545 g/mol. The summed E-state index contributed by atoms with van der Waals surface area (Å²) in [6.07, 6.45) is -2.05. The van der Waals surface area contributed by atoms with E-state index in [2.05, 4.69) is 5.10 Å². The Morgan fingerprint density at radius 2 is 1.60 bits per heavy atom. The standard InChI is InChI=1S/C31H23F4N3O2/c32-24-10-12-25(13-11-24)38-27-14-9-23(17-22(27)18-36-38)30(39,31(33,34)35)20-37-16-15-26-28(37)7-4-8-29(26)40-19-21-5-2-1-3-6-21/h1-18,39H,19-20H2. The Bertz CT molecular complexity index is 1790. The number of nitrogens with zero attached hydrogens (tertiary/aromatic N) is 3. The fourth-order valence-corrected chi connectivity index (χ4v) is 4.86. The smallest absolute Gasteiger partial charge is 0.423 e. The molecule has 0 bridgehead atoms. The number of rotatable bonds is 7. The Kier molecular flexibility index (Phi) is 6.31. The summed E-state index contributed by atoms with van der Waals surface area (Å²) in [5.41, 5.74) is -0.969. The molecule has 2 aromatic heterocycles. The predicted octanol–water partition coefficient (Wildman–Crippen LogP) is 7.15. The third-order valence-corrected chi connectivity index (χ3v) is 7.00. The lowest BCUT2D eigenvalue weighted by atomic mass is 9.91. The zero-order valence-electron chi connectivity index (χ0n) is 21.0. The molecule has 5 nitrogen and oxygen atoms in total. The molecular weight excluding hydrogens is 522 g/mol. The molecule has 0 spiro atoms. The third kappa shape index (κ3) is 4.58. The van der Waals surface area contributed by atoms with Gasteiger partial charge in [0.15, 0.2) is 0 Å². The van der Waals surface area contributed by atoms with Gasteiger partial charge in [0.25, 0.3) is 0 Å². The van der Waals surface area contributed by atoms with Crippen molar-refractivity contribution in [2.24, 2.45) is 0 Å². The van der Waals surface area contributed by atoms with Crippen LogP contribution in [0.15, 0.2) is 109 Å². The lowest BCUT2D eigenvalue weighted by Crippen LogP contribution is -2.45. The number of halogens is 4. The molecule has 6 aromatic rings. The zero-order chi connectivity index (χ0) is 27.9. The van der Waals surface area contributed by atoms with E-state index in [-0.39, 0.29) is 5.56 Å². The summed E-state index contributed by atoms with van der Waals surface area (Å²) in [4.78, 5) is 0. The first-order valence-electron chi connectivity index (χ1n) is 12.5. The molecule has 40 heavy (non-hydrogen) atoms. The van der Waals surface area contributed by atoms with E-state index in [4.69, 9.17) is 4.74 Å². The molecule has 0 saturated carbocycles. The summed E-state index contributed by atoms with van der Waals surface area (Å²) < 4.78 is 65.8. The van der Waals surface area contributed by atoms with Crippen LogP contribution in [0.5, 0.6) is 5.75 Å². The molecular formula is C31H23F4N3O2. The quantitative estimate of drug-likeness (QED) is 0.217. The fraction of sp³-hybridized carbons (Fsp3) is 0.129. The highest BCUT2D eigenvalue weighted by atomic mass is 19.4. The Hall–Kier alpha value is -4.63. The predicted molar refractivity (Wildman–Crippen MR) is 144 cm³/mol. The number of hydrogen-bond acceptors (Lipinski definition) is 3. The van der Waals surface area contributed by atoms with Gasteiger partial charge in [-0.2, -0.15) is 18.3 Å². The maximum Gasteiger partial charge on any atom is 0.423 e. The second-order valence-electron chi connectivity index (χ2n) is 9.57. The van der Waals surface area contributed by atoms with Gasteiger partial charge in [-0.1, -0.05) is 42.5 Å². The number of aliphatic hydroxyl groups is 1. The topological polar surface area (TPSA) is 52.2 Å². The van der Waals surface area contributed by atoms with Crippen molar-refractivity contribution in [1.82, 2.24) is 14.3 Å². The summed E-state index contributed by atoms with van der Waals surface area (Å²) in [6.45, 7) is -0.455. The van der Waals surface area contributed by atoms with Crippen LogP contribution in [0.2, 0.25) is 0 Å².